The second-order valence-electron chi connectivity index (χ2n) is 4.09. The highest BCUT2D eigenvalue weighted by Crippen LogP contribution is 2.29. The molecule has 1 saturated heterocycles. The number of carboxylic acids is 1. The van der Waals surface area contributed by atoms with Gasteiger partial charge in [0, 0.05) is 19.0 Å². The minimum absolute atomic E-state index is 0.00813. The number of carbonyl (C=O) groups is 2. The van der Waals surface area contributed by atoms with E-state index in [9.17, 15) is 14.7 Å². The maximum atomic E-state index is 11.6. The molecule has 2 heterocycles. The lowest BCUT2D eigenvalue weighted by atomic mass is 10.1. The first-order chi connectivity index (χ1) is 8.43. The van der Waals surface area contributed by atoms with Gasteiger partial charge in [-0.25, -0.2) is 9.78 Å². The Labute approximate surface area is 108 Å². The fraction of sp³-hybridized carbons (Fsp3) is 0.364. The van der Waals surface area contributed by atoms with Gasteiger partial charge in [-0.1, -0.05) is 17.7 Å². The largest absolute Gasteiger partial charge is 0.478 e. The van der Waals surface area contributed by atoms with Crippen molar-refractivity contribution in [2.45, 2.75) is 25.1 Å². The molecular formula is C11H11ClN2O4. The van der Waals surface area contributed by atoms with Crippen molar-refractivity contribution in [3.05, 3.63) is 29.0 Å². The zero-order valence-corrected chi connectivity index (χ0v) is 10.1. The van der Waals surface area contributed by atoms with Crippen molar-refractivity contribution in [2.75, 3.05) is 0 Å². The van der Waals surface area contributed by atoms with E-state index in [2.05, 4.69) is 4.98 Å². The molecule has 0 radical (unpaired) electrons. The number of aliphatic carboxylic acids is 1. The van der Waals surface area contributed by atoms with Gasteiger partial charge in [0.1, 0.15) is 5.15 Å². The van der Waals surface area contributed by atoms with E-state index in [-0.39, 0.29) is 19.4 Å². The highest BCUT2D eigenvalue weighted by Gasteiger charge is 2.50. The van der Waals surface area contributed by atoms with Crippen molar-refractivity contribution in [3.8, 4) is 0 Å². The molecule has 0 saturated carbocycles. The fourth-order valence-corrected chi connectivity index (χ4v) is 1.99. The van der Waals surface area contributed by atoms with E-state index in [0.717, 1.165) is 4.90 Å². The third-order valence-corrected chi connectivity index (χ3v) is 3.13. The first-order valence-corrected chi connectivity index (χ1v) is 5.68. The highest BCUT2D eigenvalue weighted by atomic mass is 35.5. The molecular weight excluding hydrogens is 260 g/mol. The zero-order valence-electron chi connectivity index (χ0n) is 9.34. The van der Waals surface area contributed by atoms with Crippen LogP contribution in [0.15, 0.2) is 18.3 Å². The molecule has 1 aromatic rings. The molecule has 1 atom stereocenters. The quantitative estimate of drug-likeness (QED) is 0.786. The number of carboxylic acid groups (broad SMARTS) is 1. The van der Waals surface area contributed by atoms with E-state index < -0.39 is 17.6 Å². The lowest BCUT2D eigenvalue weighted by Crippen LogP contribution is -2.51. The lowest BCUT2D eigenvalue weighted by Gasteiger charge is -2.29. The number of aromatic nitrogens is 1. The van der Waals surface area contributed by atoms with Gasteiger partial charge in [0.2, 0.25) is 11.6 Å². The molecule has 0 spiro atoms. The summed E-state index contributed by atoms with van der Waals surface area (Å²) >= 11 is 5.63. The summed E-state index contributed by atoms with van der Waals surface area (Å²) in [5.41, 5.74) is -1.52. The summed E-state index contributed by atoms with van der Waals surface area (Å²) < 4.78 is 0. The van der Waals surface area contributed by atoms with Crippen LogP contribution in [0, 0.1) is 0 Å². The van der Waals surface area contributed by atoms with Crippen molar-refractivity contribution in [3.63, 3.8) is 0 Å². The van der Waals surface area contributed by atoms with Crippen molar-refractivity contribution in [2.24, 2.45) is 0 Å². The minimum Gasteiger partial charge on any atom is -0.478 e. The lowest BCUT2D eigenvalue weighted by molar-refractivity contribution is -0.181. The number of amides is 1. The Morgan fingerprint density at radius 3 is 2.83 bits per heavy atom. The number of halogens is 1. The molecule has 6 nitrogen and oxygen atoms in total. The van der Waals surface area contributed by atoms with Crippen LogP contribution in [0.1, 0.15) is 18.4 Å². The normalized spacial score (nSPS) is 23.4. The Morgan fingerprint density at radius 2 is 2.28 bits per heavy atom. The summed E-state index contributed by atoms with van der Waals surface area (Å²) in [5, 5.41) is 19.3. The molecule has 1 aliphatic heterocycles. The standard InChI is InChI=1S/C11H11ClN2O4/c12-8-2-1-7(5-13-8)6-14-9(15)3-4-11(14,18)10(16)17/h1-2,5,18H,3-4,6H2,(H,16,17). The molecule has 7 heteroatoms. The van der Waals surface area contributed by atoms with Crippen LogP contribution in [0.4, 0.5) is 0 Å². The van der Waals surface area contributed by atoms with E-state index in [1.54, 1.807) is 6.07 Å². The topological polar surface area (TPSA) is 90.7 Å². The Hall–Kier alpha value is -1.66. The van der Waals surface area contributed by atoms with Gasteiger partial charge >= 0.3 is 5.97 Å². The second kappa shape index (κ2) is 4.55. The van der Waals surface area contributed by atoms with Crippen LogP contribution in [-0.2, 0) is 16.1 Å². The molecule has 2 rings (SSSR count). The van der Waals surface area contributed by atoms with Crippen LogP contribution in [0.25, 0.3) is 0 Å². The summed E-state index contributed by atoms with van der Waals surface area (Å²) in [5.74, 6) is -1.81. The van der Waals surface area contributed by atoms with Crippen LogP contribution >= 0.6 is 11.6 Å². The van der Waals surface area contributed by atoms with E-state index in [1.165, 1.54) is 12.3 Å². The number of nitrogens with zero attached hydrogens (tertiary/aromatic N) is 2. The van der Waals surface area contributed by atoms with Gasteiger partial charge in [0.05, 0.1) is 6.54 Å². The molecule has 18 heavy (non-hydrogen) atoms. The molecule has 1 fully saturated rings. The van der Waals surface area contributed by atoms with Gasteiger partial charge in [-0.05, 0) is 11.6 Å². The Bertz CT molecular complexity index is 490. The average Bonchev–Trinajstić information content (AvgIpc) is 2.61. The number of hydrogen-bond acceptors (Lipinski definition) is 4. The SMILES string of the molecule is O=C1CCC(O)(C(=O)O)N1Cc1ccc(Cl)nc1. The number of carbonyl (C=O) groups excluding carboxylic acids is 1. The molecule has 0 aromatic carbocycles. The van der Waals surface area contributed by atoms with Gasteiger partial charge in [-0.3, -0.25) is 4.79 Å². The zero-order chi connectivity index (χ0) is 13.3. The molecule has 96 valence electrons. The number of aliphatic hydroxyl groups is 1. The molecule has 1 aliphatic rings. The molecule has 0 bridgehead atoms. The predicted molar refractivity (Wildman–Crippen MR) is 61.6 cm³/mol. The maximum Gasteiger partial charge on any atom is 0.357 e. The molecule has 1 amide bonds. The van der Waals surface area contributed by atoms with Crippen LogP contribution in [-0.4, -0.2) is 37.7 Å². The van der Waals surface area contributed by atoms with E-state index in [0.29, 0.717) is 10.7 Å². The van der Waals surface area contributed by atoms with Gasteiger partial charge in [0.25, 0.3) is 0 Å². The van der Waals surface area contributed by atoms with E-state index >= 15 is 0 Å². The van der Waals surface area contributed by atoms with Crippen molar-refractivity contribution >= 4 is 23.5 Å². The Balaban J connectivity index is 2.23. The first kappa shape index (κ1) is 12.8. The third kappa shape index (κ3) is 2.16. The summed E-state index contributed by atoms with van der Waals surface area (Å²) in [6.45, 7) is -0.00813. The number of rotatable bonds is 3. The molecule has 1 aromatic heterocycles. The second-order valence-corrected chi connectivity index (χ2v) is 4.48. The van der Waals surface area contributed by atoms with Gasteiger partial charge in [-0.15, -0.1) is 0 Å². The van der Waals surface area contributed by atoms with Crippen molar-refractivity contribution in [1.29, 1.82) is 0 Å². The van der Waals surface area contributed by atoms with Crippen molar-refractivity contribution < 1.29 is 19.8 Å². The van der Waals surface area contributed by atoms with Crippen LogP contribution in [0.2, 0.25) is 5.15 Å². The fourth-order valence-electron chi connectivity index (χ4n) is 1.88. The third-order valence-electron chi connectivity index (χ3n) is 2.91. The summed E-state index contributed by atoms with van der Waals surface area (Å²) in [6, 6.07) is 3.17. The maximum absolute atomic E-state index is 11.6. The smallest absolute Gasteiger partial charge is 0.357 e. The molecule has 2 N–H and O–H groups in total. The van der Waals surface area contributed by atoms with Crippen molar-refractivity contribution in [1.82, 2.24) is 9.88 Å². The van der Waals surface area contributed by atoms with E-state index in [4.69, 9.17) is 16.7 Å². The number of pyridine rings is 1. The van der Waals surface area contributed by atoms with Gasteiger partial charge in [-0.2, -0.15) is 0 Å². The van der Waals surface area contributed by atoms with Crippen LogP contribution < -0.4 is 0 Å². The number of likely N-dealkylation sites (tertiary alicyclic amines) is 1. The highest BCUT2D eigenvalue weighted by molar-refractivity contribution is 6.29. The van der Waals surface area contributed by atoms with Gasteiger partial charge in [0.15, 0.2) is 0 Å². The Morgan fingerprint density at radius 1 is 1.56 bits per heavy atom. The average molecular weight is 271 g/mol. The first-order valence-electron chi connectivity index (χ1n) is 5.30. The Kier molecular flexibility index (Phi) is 3.23. The van der Waals surface area contributed by atoms with Crippen LogP contribution in [0.5, 0.6) is 0 Å². The molecule has 1 unspecified atom stereocenters. The summed E-state index contributed by atoms with van der Waals surface area (Å²) in [6.07, 6.45) is 1.35. The summed E-state index contributed by atoms with van der Waals surface area (Å²) in [4.78, 5) is 27.4. The molecule has 0 aliphatic carbocycles. The van der Waals surface area contributed by atoms with E-state index in [1.807, 2.05) is 0 Å². The predicted octanol–water partition coefficient (Wildman–Crippen LogP) is 0.631. The van der Waals surface area contributed by atoms with Crippen LogP contribution in [0.3, 0.4) is 0 Å². The van der Waals surface area contributed by atoms with Gasteiger partial charge < -0.3 is 15.1 Å². The minimum atomic E-state index is -2.13. The number of hydrogen-bond donors (Lipinski definition) is 2. The summed E-state index contributed by atoms with van der Waals surface area (Å²) in [7, 11) is 0. The monoisotopic (exact) mass is 270 g/mol.